The van der Waals surface area contributed by atoms with Crippen LogP contribution in [-0.2, 0) is 16.1 Å². The smallest absolute Gasteiger partial charge is 0.411 e. The molecule has 2 fully saturated rings. The number of β-lactam (4-membered cyclic amide) rings is 1. The van der Waals surface area contributed by atoms with Gasteiger partial charge in [-0.05, 0) is 39.7 Å². The first kappa shape index (κ1) is 15.7. The molecule has 0 N–H and O–H groups in total. The van der Waals surface area contributed by atoms with E-state index in [0.29, 0.717) is 31.9 Å². The zero-order valence-corrected chi connectivity index (χ0v) is 13.8. The van der Waals surface area contributed by atoms with Gasteiger partial charge in [-0.1, -0.05) is 0 Å². The highest BCUT2D eigenvalue weighted by atomic mass is 16.6. The van der Waals surface area contributed by atoms with E-state index in [1.165, 1.54) is 0 Å². The number of rotatable bonds is 2. The number of carbonyl (C=O) groups excluding carboxylic acids is 2. The Morgan fingerprint density at radius 1 is 1.35 bits per heavy atom. The molecule has 1 aromatic heterocycles. The Balaban J connectivity index is 1.68. The van der Waals surface area contributed by atoms with Crippen LogP contribution in [0, 0.1) is 0 Å². The predicted octanol–water partition coefficient (Wildman–Crippen LogP) is 1.59. The molecular weight excluding hydrogens is 296 g/mol. The molecule has 0 bridgehead atoms. The third-order valence-corrected chi connectivity index (χ3v) is 4.19. The zero-order chi connectivity index (χ0) is 16.7. The molecule has 7 heteroatoms. The molecule has 23 heavy (non-hydrogen) atoms. The lowest BCUT2D eigenvalue weighted by Crippen LogP contribution is -2.72. The van der Waals surface area contributed by atoms with Crippen molar-refractivity contribution < 1.29 is 14.3 Å². The second kappa shape index (κ2) is 5.47. The number of nitrogens with zero attached hydrogens (tertiary/aromatic N) is 4. The maximum Gasteiger partial charge on any atom is 0.411 e. The molecule has 2 saturated heterocycles. The normalized spacial score (nSPS) is 24.0. The van der Waals surface area contributed by atoms with Crippen LogP contribution in [0.3, 0.4) is 0 Å². The Hall–Kier alpha value is -2.18. The van der Waals surface area contributed by atoms with Crippen molar-refractivity contribution in [1.29, 1.82) is 0 Å². The van der Waals surface area contributed by atoms with E-state index in [1.807, 2.05) is 20.8 Å². The second-order valence-electron chi connectivity index (χ2n) is 7.09. The number of hydrogen-bond acceptors (Lipinski definition) is 5. The molecule has 1 unspecified atom stereocenters. The molecule has 2 aliphatic heterocycles. The minimum atomic E-state index is -0.725. The summed E-state index contributed by atoms with van der Waals surface area (Å²) in [7, 11) is 0. The SMILES string of the molecule is CC(C)(C)OC(=O)N1CCCC12CN(Cc1ncccn1)C2=O. The molecule has 1 spiro atoms. The quantitative estimate of drug-likeness (QED) is 0.774. The number of hydrogen-bond donors (Lipinski definition) is 0. The maximum absolute atomic E-state index is 12.7. The monoisotopic (exact) mass is 318 g/mol. The van der Waals surface area contributed by atoms with Crippen molar-refractivity contribution in [3.8, 4) is 0 Å². The van der Waals surface area contributed by atoms with Gasteiger partial charge >= 0.3 is 6.09 Å². The van der Waals surface area contributed by atoms with Gasteiger partial charge in [-0.3, -0.25) is 9.69 Å². The van der Waals surface area contributed by atoms with E-state index in [2.05, 4.69) is 9.97 Å². The van der Waals surface area contributed by atoms with Crippen LogP contribution in [0.25, 0.3) is 0 Å². The van der Waals surface area contributed by atoms with Gasteiger partial charge in [-0.15, -0.1) is 0 Å². The van der Waals surface area contributed by atoms with Crippen LogP contribution >= 0.6 is 0 Å². The van der Waals surface area contributed by atoms with E-state index in [1.54, 1.807) is 28.3 Å². The third-order valence-electron chi connectivity index (χ3n) is 4.19. The van der Waals surface area contributed by atoms with Crippen molar-refractivity contribution in [3.63, 3.8) is 0 Å². The Labute approximate surface area is 135 Å². The minimum Gasteiger partial charge on any atom is -0.444 e. The molecule has 0 saturated carbocycles. The van der Waals surface area contributed by atoms with E-state index in [4.69, 9.17) is 4.74 Å². The number of ether oxygens (including phenoxy) is 1. The topological polar surface area (TPSA) is 75.6 Å². The Kier molecular flexibility index (Phi) is 3.74. The van der Waals surface area contributed by atoms with Crippen LogP contribution < -0.4 is 0 Å². The van der Waals surface area contributed by atoms with Crippen molar-refractivity contribution >= 4 is 12.0 Å². The van der Waals surface area contributed by atoms with E-state index in [-0.39, 0.29) is 5.91 Å². The Morgan fingerprint density at radius 3 is 2.65 bits per heavy atom. The molecule has 2 amide bonds. The number of amides is 2. The fourth-order valence-electron chi connectivity index (χ4n) is 3.22. The van der Waals surface area contributed by atoms with E-state index in [9.17, 15) is 9.59 Å². The fourth-order valence-corrected chi connectivity index (χ4v) is 3.22. The summed E-state index contributed by atoms with van der Waals surface area (Å²) in [5, 5.41) is 0. The highest BCUT2D eigenvalue weighted by Crippen LogP contribution is 2.40. The third kappa shape index (κ3) is 2.87. The van der Waals surface area contributed by atoms with Gasteiger partial charge in [-0.25, -0.2) is 14.8 Å². The van der Waals surface area contributed by atoms with Gasteiger partial charge in [0.25, 0.3) is 5.91 Å². The Bertz CT molecular complexity index is 614. The zero-order valence-electron chi connectivity index (χ0n) is 13.8. The summed E-state index contributed by atoms with van der Waals surface area (Å²) < 4.78 is 5.45. The summed E-state index contributed by atoms with van der Waals surface area (Å²) in [5.74, 6) is 0.575. The van der Waals surface area contributed by atoms with Crippen molar-refractivity contribution in [1.82, 2.24) is 19.8 Å². The van der Waals surface area contributed by atoms with E-state index >= 15 is 0 Å². The van der Waals surface area contributed by atoms with Crippen molar-refractivity contribution in [2.75, 3.05) is 13.1 Å². The summed E-state index contributed by atoms with van der Waals surface area (Å²) in [5.41, 5.74) is -1.29. The van der Waals surface area contributed by atoms with Crippen LogP contribution in [0.2, 0.25) is 0 Å². The predicted molar refractivity (Wildman–Crippen MR) is 82.4 cm³/mol. The molecule has 1 aromatic rings. The average molecular weight is 318 g/mol. The number of carbonyl (C=O) groups is 2. The lowest BCUT2D eigenvalue weighted by Gasteiger charge is -2.50. The highest BCUT2D eigenvalue weighted by Gasteiger charge is 2.60. The summed E-state index contributed by atoms with van der Waals surface area (Å²) in [4.78, 5) is 36.7. The van der Waals surface area contributed by atoms with Gasteiger partial charge in [0.05, 0.1) is 13.1 Å². The largest absolute Gasteiger partial charge is 0.444 e. The van der Waals surface area contributed by atoms with Crippen LogP contribution in [0.1, 0.15) is 39.4 Å². The van der Waals surface area contributed by atoms with Crippen LogP contribution in [0.15, 0.2) is 18.5 Å². The number of aromatic nitrogens is 2. The van der Waals surface area contributed by atoms with Crippen LogP contribution in [0.5, 0.6) is 0 Å². The van der Waals surface area contributed by atoms with Crippen LogP contribution in [-0.4, -0.2) is 56.0 Å². The van der Waals surface area contributed by atoms with Gasteiger partial charge in [0.15, 0.2) is 0 Å². The van der Waals surface area contributed by atoms with Gasteiger partial charge < -0.3 is 9.64 Å². The highest BCUT2D eigenvalue weighted by molar-refractivity contribution is 5.96. The van der Waals surface area contributed by atoms with Crippen LogP contribution in [0.4, 0.5) is 4.79 Å². The lowest BCUT2D eigenvalue weighted by molar-refractivity contribution is -0.161. The second-order valence-corrected chi connectivity index (χ2v) is 7.09. The standard InChI is InChI=1S/C16H22N4O3/c1-15(2,3)23-14(22)20-9-4-6-16(20)11-19(13(16)21)10-12-17-7-5-8-18-12/h5,7-8H,4,6,9-11H2,1-3H3. The summed E-state index contributed by atoms with van der Waals surface area (Å²) in [6.07, 6.45) is 4.42. The average Bonchev–Trinajstić information content (AvgIpc) is 2.93. The molecular formula is C16H22N4O3. The number of likely N-dealkylation sites (tertiary alicyclic amines) is 2. The van der Waals surface area contributed by atoms with Gasteiger partial charge in [0.1, 0.15) is 17.0 Å². The summed E-state index contributed by atoms with van der Waals surface area (Å²) in [6.45, 7) is 6.95. The summed E-state index contributed by atoms with van der Waals surface area (Å²) in [6, 6.07) is 1.74. The van der Waals surface area contributed by atoms with E-state index < -0.39 is 17.2 Å². The van der Waals surface area contributed by atoms with Crippen molar-refractivity contribution in [2.45, 2.75) is 51.3 Å². The molecule has 3 rings (SSSR count). The van der Waals surface area contributed by atoms with Gasteiger partial charge in [0, 0.05) is 18.9 Å². The first-order chi connectivity index (χ1) is 10.8. The van der Waals surface area contributed by atoms with E-state index in [0.717, 1.165) is 6.42 Å². The molecule has 0 aliphatic carbocycles. The van der Waals surface area contributed by atoms with Crippen molar-refractivity contribution in [2.24, 2.45) is 0 Å². The summed E-state index contributed by atoms with van der Waals surface area (Å²) >= 11 is 0. The molecule has 0 aromatic carbocycles. The first-order valence-electron chi connectivity index (χ1n) is 7.88. The fraction of sp³-hybridized carbons (Fsp3) is 0.625. The molecule has 0 radical (unpaired) electrons. The van der Waals surface area contributed by atoms with Gasteiger partial charge in [0.2, 0.25) is 0 Å². The first-order valence-corrected chi connectivity index (χ1v) is 7.88. The molecule has 7 nitrogen and oxygen atoms in total. The molecule has 124 valence electrons. The molecule has 2 aliphatic rings. The maximum atomic E-state index is 12.7. The Morgan fingerprint density at radius 2 is 2.04 bits per heavy atom. The minimum absolute atomic E-state index is 0.0340. The lowest BCUT2D eigenvalue weighted by atomic mass is 9.85. The van der Waals surface area contributed by atoms with Gasteiger partial charge in [-0.2, -0.15) is 0 Å². The van der Waals surface area contributed by atoms with Crippen molar-refractivity contribution in [3.05, 3.63) is 24.3 Å². The molecule has 1 atom stereocenters. The molecule has 3 heterocycles.